The van der Waals surface area contributed by atoms with E-state index in [1.54, 1.807) is 0 Å². The Hall–Kier alpha value is -2.32. The SMILES string of the molecule is CCOc1ccc(C(N)c2ccc3ccccc3c2)cc1. The second-order valence-electron chi connectivity index (χ2n) is 5.09. The molecule has 1 unspecified atom stereocenters. The Labute approximate surface area is 125 Å². The van der Waals surface area contributed by atoms with Crippen molar-refractivity contribution in [2.75, 3.05) is 6.61 Å². The van der Waals surface area contributed by atoms with E-state index in [4.69, 9.17) is 10.5 Å². The molecule has 0 heterocycles. The van der Waals surface area contributed by atoms with Crippen molar-refractivity contribution >= 4 is 10.8 Å². The lowest BCUT2D eigenvalue weighted by atomic mass is 9.97. The zero-order valence-corrected chi connectivity index (χ0v) is 12.1. The Morgan fingerprint density at radius 2 is 1.52 bits per heavy atom. The van der Waals surface area contributed by atoms with Gasteiger partial charge in [0, 0.05) is 0 Å². The lowest BCUT2D eigenvalue weighted by Crippen LogP contribution is -2.11. The molecule has 106 valence electrons. The maximum absolute atomic E-state index is 6.39. The van der Waals surface area contributed by atoms with E-state index in [0.717, 1.165) is 16.9 Å². The first-order valence-electron chi connectivity index (χ1n) is 7.25. The lowest BCUT2D eigenvalue weighted by Gasteiger charge is -2.14. The highest BCUT2D eigenvalue weighted by Gasteiger charge is 2.09. The molecule has 0 spiro atoms. The summed E-state index contributed by atoms with van der Waals surface area (Å²) in [6.45, 7) is 2.66. The average Bonchev–Trinajstić information content (AvgIpc) is 2.55. The van der Waals surface area contributed by atoms with Crippen LogP contribution in [0.3, 0.4) is 0 Å². The molecule has 0 saturated carbocycles. The van der Waals surface area contributed by atoms with E-state index in [-0.39, 0.29) is 6.04 Å². The maximum Gasteiger partial charge on any atom is 0.119 e. The zero-order valence-electron chi connectivity index (χ0n) is 12.1. The highest BCUT2D eigenvalue weighted by atomic mass is 16.5. The Bertz CT molecular complexity index is 734. The molecule has 2 heteroatoms. The number of nitrogens with two attached hydrogens (primary N) is 1. The van der Waals surface area contributed by atoms with Gasteiger partial charge in [0.1, 0.15) is 5.75 Å². The van der Waals surface area contributed by atoms with Gasteiger partial charge in [-0.3, -0.25) is 0 Å². The van der Waals surface area contributed by atoms with E-state index < -0.39 is 0 Å². The number of fused-ring (bicyclic) bond motifs is 1. The normalized spacial score (nSPS) is 12.3. The fourth-order valence-electron chi connectivity index (χ4n) is 2.53. The van der Waals surface area contributed by atoms with Crippen LogP contribution in [0, 0.1) is 0 Å². The molecule has 0 aromatic heterocycles. The van der Waals surface area contributed by atoms with Gasteiger partial charge in [-0.05, 0) is 47.0 Å². The Balaban J connectivity index is 1.90. The number of hydrogen-bond donors (Lipinski definition) is 1. The third-order valence-corrected chi connectivity index (χ3v) is 3.68. The van der Waals surface area contributed by atoms with Crippen LogP contribution in [0.1, 0.15) is 24.1 Å². The lowest BCUT2D eigenvalue weighted by molar-refractivity contribution is 0.340. The summed E-state index contributed by atoms with van der Waals surface area (Å²) in [7, 11) is 0. The van der Waals surface area contributed by atoms with Crippen LogP contribution >= 0.6 is 0 Å². The molecule has 0 fully saturated rings. The van der Waals surface area contributed by atoms with Crippen molar-refractivity contribution in [2.45, 2.75) is 13.0 Å². The van der Waals surface area contributed by atoms with Crippen molar-refractivity contribution < 1.29 is 4.74 Å². The highest BCUT2D eigenvalue weighted by molar-refractivity contribution is 5.83. The zero-order chi connectivity index (χ0) is 14.7. The van der Waals surface area contributed by atoms with E-state index >= 15 is 0 Å². The molecule has 2 N–H and O–H groups in total. The molecule has 2 nitrogen and oxygen atoms in total. The summed E-state index contributed by atoms with van der Waals surface area (Å²) in [6.07, 6.45) is 0. The first-order valence-corrected chi connectivity index (χ1v) is 7.25. The van der Waals surface area contributed by atoms with Gasteiger partial charge in [0.2, 0.25) is 0 Å². The molecule has 0 aliphatic rings. The van der Waals surface area contributed by atoms with Crippen LogP contribution in [0.2, 0.25) is 0 Å². The van der Waals surface area contributed by atoms with Crippen molar-refractivity contribution in [1.29, 1.82) is 0 Å². The van der Waals surface area contributed by atoms with E-state index in [2.05, 4.69) is 36.4 Å². The Morgan fingerprint density at radius 3 is 2.24 bits per heavy atom. The van der Waals surface area contributed by atoms with E-state index in [9.17, 15) is 0 Å². The minimum absolute atomic E-state index is 0.120. The summed E-state index contributed by atoms with van der Waals surface area (Å²) in [5.74, 6) is 0.881. The molecule has 1 atom stereocenters. The van der Waals surface area contributed by atoms with Crippen molar-refractivity contribution in [3.8, 4) is 5.75 Å². The van der Waals surface area contributed by atoms with Crippen molar-refractivity contribution in [3.63, 3.8) is 0 Å². The molecule has 0 aliphatic heterocycles. The smallest absolute Gasteiger partial charge is 0.119 e. The quantitative estimate of drug-likeness (QED) is 0.772. The van der Waals surface area contributed by atoms with Gasteiger partial charge < -0.3 is 10.5 Å². The van der Waals surface area contributed by atoms with Gasteiger partial charge in [-0.2, -0.15) is 0 Å². The van der Waals surface area contributed by atoms with Crippen molar-refractivity contribution in [2.24, 2.45) is 5.73 Å². The summed E-state index contributed by atoms with van der Waals surface area (Å²) < 4.78 is 5.46. The molecule has 0 radical (unpaired) electrons. The van der Waals surface area contributed by atoms with Crippen LogP contribution in [-0.2, 0) is 0 Å². The molecular weight excluding hydrogens is 258 g/mol. The molecule has 3 aromatic rings. The number of ether oxygens (including phenoxy) is 1. The molecule has 21 heavy (non-hydrogen) atoms. The minimum Gasteiger partial charge on any atom is -0.494 e. The van der Waals surface area contributed by atoms with Crippen LogP contribution in [-0.4, -0.2) is 6.61 Å². The Kier molecular flexibility index (Phi) is 3.89. The second kappa shape index (κ2) is 5.98. The number of benzene rings is 3. The fourth-order valence-corrected chi connectivity index (χ4v) is 2.53. The van der Waals surface area contributed by atoms with Crippen molar-refractivity contribution in [3.05, 3.63) is 77.9 Å². The van der Waals surface area contributed by atoms with Crippen LogP contribution in [0.25, 0.3) is 10.8 Å². The van der Waals surface area contributed by atoms with Gasteiger partial charge in [-0.15, -0.1) is 0 Å². The summed E-state index contributed by atoms with van der Waals surface area (Å²) in [5.41, 5.74) is 8.60. The predicted molar refractivity (Wildman–Crippen MR) is 87.6 cm³/mol. The van der Waals surface area contributed by atoms with Crippen LogP contribution < -0.4 is 10.5 Å². The summed E-state index contributed by atoms with van der Waals surface area (Å²) in [5, 5.41) is 2.46. The topological polar surface area (TPSA) is 35.2 Å². The molecule has 0 bridgehead atoms. The third kappa shape index (κ3) is 2.91. The van der Waals surface area contributed by atoms with Gasteiger partial charge in [0.05, 0.1) is 12.6 Å². The van der Waals surface area contributed by atoms with E-state index in [1.807, 2.05) is 37.3 Å². The van der Waals surface area contributed by atoms with Gasteiger partial charge in [0.15, 0.2) is 0 Å². The van der Waals surface area contributed by atoms with Gasteiger partial charge >= 0.3 is 0 Å². The van der Waals surface area contributed by atoms with Crippen molar-refractivity contribution in [1.82, 2.24) is 0 Å². The van der Waals surface area contributed by atoms with Crippen LogP contribution in [0.5, 0.6) is 5.75 Å². The van der Waals surface area contributed by atoms with Crippen LogP contribution in [0.15, 0.2) is 66.7 Å². The monoisotopic (exact) mass is 277 g/mol. The number of hydrogen-bond acceptors (Lipinski definition) is 2. The minimum atomic E-state index is -0.120. The van der Waals surface area contributed by atoms with E-state index in [0.29, 0.717) is 6.61 Å². The predicted octanol–water partition coefficient (Wildman–Crippen LogP) is 4.29. The maximum atomic E-state index is 6.39. The third-order valence-electron chi connectivity index (χ3n) is 3.68. The summed E-state index contributed by atoms with van der Waals surface area (Å²) >= 11 is 0. The summed E-state index contributed by atoms with van der Waals surface area (Å²) in [4.78, 5) is 0. The average molecular weight is 277 g/mol. The summed E-state index contributed by atoms with van der Waals surface area (Å²) in [6, 6.07) is 22.6. The molecule has 0 amide bonds. The molecule has 3 aromatic carbocycles. The first-order chi connectivity index (χ1) is 10.3. The first kappa shape index (κ1) is 13.7. The molecule has 0 saturated heterocycles. The van der Waals surface area contributed by atoms with E-state index in [1.165, 1.54) is 10.8 Å². The Morgan fingerprint density at radius 1 is 0.857 bits per heavy atom. The highest BCUT2D eigenvalue weighted by Crippen LogP contribution is 2.25. The molecule has 0 aliphatic carbocycles. The van der Waals surface area contributed by atoms with Gasteiger partial charge in [-0.1, -0.05) is 48.5 Å². The molecular formula is C19H19NO. The van der Waals surface area contributed by atoms with Gasteiger partial charge in [0.25, 0.3) is 0 Å². The molecule has 3 rings (SSSR count). The largest absolute Gasteiger partial charge is 0.494 e. The number of rotatable bonds is 4. The van der Waals surface area contributed by atoms with Crippen LogP contribution in [0.4, 0.5) is 0 Å². The second-order valence-corrected chi connectivity index (χ2v) is 5.09. The fraction of sp³-hybridized carbons (Fsp3) is 0.158. The standard InChI is InChI=1S/C19H19NO/c1-2-21-18-11-9-15(10-12-18)19(20)17-8-7-14-5-3-4-6-16(14)13-17/h3-13,19H,2,20H2,1H3. The van der Waals surface area contributed by atoms with Gasteiger partial charge in [-0.25, -0.2) is 0 Å².